The predicted molar refractivity (Wildman–Crippen MR) is 67.3 cm³/mol. The molecular formula is C12H12N2O2S. The molecule has 0 aliphatic heterocycles. The number of benzene rings is 1. The van der Waals surface area contributed by atoms with E-state index in [1.54, 1.807) is 18.5 Å². The molecule has 2 aromatic rings. The summed E-state index contributed by atoms with van der Waals surface area (Å²) in [7, 11) is 0. The fraction of sp³-hybridized carbons (Fsp3) is 0.167. The molecule has 0 saturated carbocycles. The first-order valence-corrected chi connectivity index (χ1v) is 6.06. The number of carbonyl (C=O) groups excluding carboxylic acids is 1. The highest BCUT2D eigenvalue weighted by atomic mass is 32.1. The number of rotatable bonds is 4. The largest absolute Gasteiger partial charge is 0.457 e. The highest BCUT2D eigenvalue weighted by Gasteiger charge is 2.15. The Labute approximate surface area is 103 Å². The lowest BCUT2D eigenvalue weighted by Crippen LogP contribution is -2.30. The highest BCUT2D eigenvalue weighted by Crippen LogP contribution is 2.16. The third-order valence-corrected chi connectivity index (χ3v) is 2.76. The molecule has 17 heavy (non-hydrogen) atoms. The van der Waals surface area contributed by atoms with E-state index in [-0.39, 0.29) is 5.91 Å². The third-order valence-electron chi connectivity index (χ3n) is 2.10. The van der Waals surface area contributed by atoms with Crippen molar-refractivity contribution < 1.29 is 9.53 Å². The summed E-state index contributed by atoms with van der Waals surface area (Å²) < 4.78 is 5.38. The number of hydrogen-bond donors (Lipinski definition) is 1. The summed E-state index contributed by atoms with van der Waals surface area (Å²) >= 11 is 1.36. The number of hydrogen-bond acceptors (Lipinski definition) is 4. The average Bonchev–Trinajstić information content (AvgIpc) is 2.83. The van der Waals surface area contributed by atoms with E-state index >= 15 is 0 Å². The summed E-state index contributed by atoms with van der Waals surface area (Å²) in [6.07, 6.45) is 1.07. The van der Waals surface area contributed by atoms with E-state index in [0.29, 0.717) is 5.19 Å². The van der Waals surface area contributed by atoms with Gasteiger partial charge in [0.05, 0.1) is 0 Å². The van der Waals surface area contributed by atoms with Crippen LogP contribution in [0.1, 0.15) is 6.92 Å². The molecule has 0 radical (unpaired) electrons. The third kappa shape index (κ3) is 3.29. The fourth-order valence-corrected chi connectivity index (χ4v) is 1.80. The number of anilines is 1. The molecule has 1 aromatic carbocycles. The molecule has 0 saturated heterocycles. The lowest BCUT2D eigenvalue weighted by atomic mass is 10.3. The number of nitrogens with zero attached hydrogens (tertiary/aromatic N) is 1. The molecule has 5 heteroatoms. The standard InChI is InChI=1S/C12H12N2O2S/c1-9(16-12-13-7-8-17-12)11(15)14-10-5-3-2-4-6-10/h2-9H,1H3,(H,14,15). The number of ether oxygens (including phenoxy) is 1. The molecule has 1 atom stereocenters. The second-order valence-corrected chi connectivity index (χ2v) is 4.27. The Kier molecular flexibility index (Phi) is 3.72. The summed E-state index contributed by atoms with van der Waals surface area (Å²) in [6.45, 7) is 1.69. The highest BCUT2D eigenvalue weighted by molar-refractivity contribution is 7.11. The Balaban J connectivity index is 1.92. The summed E-state index contributed by atoms with van der Waals surface area (Å²) in [6, 6.07) is 9.27. The molecule has 0 fully saturated rings. The Morgan fingerprint density at radius 2 is 2.18 bits per heavy atom. The number of para-hydroxylation sites is 1. The fourth-order valence-electron chi connectivity index (χ4n) is 1.24. The first-order valence-electron chi connectivity index (χ1n) is 5.18. The van der Waals surface area contributed by atoms with Gasteiger partial charge in [-0.1, -0.05) is 29.5 Å². The van der Waals surface area contributed by atoms with Gasteiger partial charge >= 0.3 is 0 Å². The van der Waals surface area contributed by atoms with Gasteiger partial charge in [-0.05, 0) is 19.1 Å². The molecule has 1 aromatic heterocycles. The van der Waals surface area contributed by atoms with E-state index in [1.807, 2.05) is 30.3 Å². The Hall–Kier alpha value is -1.88. The van der Waals surface area contributed by atoms with Crippen LogP contribution in [0.4, 0.5) is 5.69 Å². The van der Waals surface area contributed by atoms with Crippen molar-refractivity contribution in [1.82, 2.24) is 4.98 Å². The van der Waals surface area contributed by atoms with Crippen LogP contribution in [-0.2, 0) is 4.79 Å². The van der Waals surface area contributed by atoms with Crippen LogP contribution in [0.3, 0.4) is 0 Å². The quantitative estimate of drug-likeness (QED) is 0.904. The molecule has 1 N–H and O–H groups in total. The van der Waals surface area contributed by atoms with Crippen molar-refractivity contribution in [3.05, 3.63) is 41.9 Å². The summed E-state index contributed by atoms with van der Waals surface area (Å²) in [5, 5.41) is 5.07. The molecule has 4 nitrogen and oxygen atoms in total. The molecule has 2 rings (SSSR count). The first kappa shape index (κ1) is 11.6. The topological polar surface area (TPSA) is 51.2 Å². The first-order chi connectivity index (χ1) is 8.25. The van der Waals surface area contributed by atoms with E-state index in [0.717, 1.165) is 5.69 Å². The molecule has 0 bridgehead atoms. The van der Waals surface area contributed by atoms with Crippen LogP contribution >= 0.6 is 11.3 Å². The van der Waals surface area contributed by atoms with Gasteiger partial charge in [-0.2, -0.15) is 0 Å². The van der Waals surface area contributed by atoms with E-state index in [9.17, 15) is 4.79 Å². The van der Waals surface area contributed by atoms with E-state index in [1.165, 1.54) is 11.3 Å². The predicted octanol–water partition coefficient (Wildman–Crippen LogP) is 2.55. The van der Waals surface area contributed by atoms with Crippen molar-refractivity contribution in [3.63, 3.8) is 0 Å². The molecule has 0 spiro atoms. The van der Waals surface area contributed by atoms with E-state index in [4.69, 9.17) is 4.74 Å². The summed E-state index contributed by atoms with van der Waals surface area (Å²) in [4.78, 5) is 15.7. The number of aromatic nitrogens is 1. The zero-order valence-corrected chi connectivity index (χ0v) is 10.1. The van der Waals surface area contributed by atoms with Gasteiger partial charge in [0.1, 0.15) is 0 Å². The zero-order chi connectivity index (χ0) is 12.1. The molecule has 0 aliphatic rings. The van der Waals surface area contributed by atoms with Crippen LogP contribution in [0.2, 0.25) is 0 Å². The number of amides is 1. The lowest BCUT2D eigenvalue weighted by Gasteiger charge is -2.12. The van der Waals surface area contributed by atoms with Crippen molar-refractivity contribution in [2.75, 3.05) is 5.32 Å². The van der Waals surface area contributed by atoms with Crippen LogP contribution in [0, 0.1) is 0 Å². The van der Waals surface area contributed by atoms with Crippen molar-refractivity contribution >= 4 is 22.9 Å². The van der Waals surface area contributed by atoms with Crippen LogP contribution in [0.25, 0.3) is 0 Å². The minimum atomic E-state index is -0.568. The minimum absolute atomic E-state index is 0.189. The van der Waals surface area contributed by atoms with Gasteiger partial charge in [0.25, 0.3) is 11.1 Å². The van der Waals surface area contributed by atoms with Crippen LogP contribution < -0.4 is 10.1 Å². The molecule has 1 unspecified atom stereocenters. The normalized spacial score (nSPS) is 11.8. The van der Waals surface area contributed by atoms with Crippen molar-refractivity contribution in [2.24, 2.45) is 0 Å². The number of thiazole rings is 1. The molecule has 1 heterocycles. The van der Waals surface area contributed by atoms with Crippen molar-refractivity contribution in [3.8, 4) is 5.19 Å². The monoisotopic (exact) mass is 248 g/mol. The average molecular weight is 248 g/mol. The summed E-state index contributed by atoms with van der Waals surface area (Å²) in [5.41, 5.74) is 0.757. The van der Waals surface area contributed by atoms with Crippen LogP contribution in [0.15, 0.2) is 41.9 Å². The van der Waals surface area contributed by atoms with E-state index in [2.05, 4.69) is 10.3 Å². The maximum Gasteiger partial charge on any atom is 0.273 e. The zero-order valence-electron chi connectivity index (χ0n) is 9.29. The van der Waals surface area contributed by atoms with E-state index < -0.39 is 6.10 Å². The van der Waals surface area contributed by atoms with Gasteiger partial charge < -0.3 is 10.1 Å². The lowest BCUT2D eigenvalue weighted by molar-refractivity contribution is -0.122. The SMILES string of the molecule is CC(Oc1nccs1)C(=O)Nc1ccccc1. The van der Waals surface area contributed by atoms with Gasteiger partial charge in [0.2, 0.25) is 0 Å². The second-order valence-electron chi connectivity index (χ2n) is 3.41. The maximum atomic E-state index is 11.8. The van der Waals surface area contributed by atoms with Gasteiger partial charge in [0.15, 0.2) is 6.10 Å². The maximum absolute atomic E-state index is 11.8. The molecule has 1 amide bonds. The van der Waals surface area contributed by atoms with Crippen LogP contribution in [-0.4, -0.2) is 17.0 Å². The van der Waals surface area contributed by atoms with Gasteiger partial charge in [-0.25, -0.2) is 4.98 Å². The summed E-state index contributed by atoms with van der Waals surface area (Å²) in [5.74, 6) is -0.189. The molecule has 0 aliphatic carbocycles. The minimum Gasteiger partial charge on any atom is -0.457 e. The van der Waals surface area contributed by atoms with Crippen molar-refractivity contribution in [1.29, 1.82) is 0 Å². The van der Waals surface area contributed by atoms with Gasteiger partial charge in [0, 0.05) is 17.3 Å². The Bertz CT molecular complexity index is 471. The van der Waals surface area contributed by atoms with Gasteiger partial charge in [-0.3, -0.25) is 4.79 Å². The second kappa shape index (κ2) is 5.45. The Morgan fingerprint density at radius 3 is 2.82 bits per heavy atom. The smallest absolute Gasteiger partial charge is 0.273 e. The number of nitrogens with one attached hydrogen (secondary N) is 1. The number of carbonyl (C=O) groups is 1. The Morgan fingerprint density at radius 1 is 1.41 bits per heavy atom. The molecular weight excluding hydrogens is 236 g/mol. The van der Waals surface area contributed by atoms with Gasteiger partial charge in [-0.15, -0.1) is 0 Å². The molecule has 88 valence electrons. The van der Waals surface area contributed by atoms with Crippen molar-refractivity contribution in [2.45, 2.75) is 13.0 Å². The van der Waals surface area contributed by atoms with Crippen LogP contribution in [0.5, 0.6) is 5.19 Å².